The SMILES string of the molecule is FC(F)C(Cl)c1ccc(Cl)nc1. The summed E-state index contributed by atoms with van der Waals surface area (Å²) in [5.41, 5.74) is 0.274. The van der Waals surface area contributed by atoms with Gasteiger partial charge in [-0.3, -0.25) is 0 Å². The van der Waals surface area contributed by atoms with Gasteiger partial charge in [0.1, 0.15) is 10.5 Å². The van der Waals surface area contributed by atoms with E-state index >= 15 is 0 Å². The number of rotatable bonds is 2. The molecule has 0 bridgehead atoms. The monoisotopic (exact) mass is 211 g/mol. The van der Waals surface area contributed by atoms with Gasteiger partial charge in [0.2, 0.25) is 0 Å². The Labute approximate surface area is 78.3 Å². The lowest BCUT2D eigenvalue weighted by molar-refractivity contribution is 0.143. The van der Waals surface area contributed by atoms with E-state index < -0.39 is 11.8 Å². The molecular formula is C7H5Cl2F2N. The molecule has 1 heterocycles. The van der Waals surface area contributed by atoms with Crippen LogP contribution in [-0.4, -0.2) is 11.4 Å². The molecule has 1 rings (SSSR count). The van der Waals surface area contributed by atoms with Crippen molar-refractivity contribution in [3.8, 4) is 0 Å². The maximum atomic E-state index is 12.0. The van der Waals surface area contributed by atoms with Crippen molar-refractivity contribution in [3.05, 3.63) is 29.0 Å². The topological polar surface area (TPSA) is 12.9 Å². The molecular weight excluding hydrogens is 207 g/mol. The Balaban J connectivity index is 2.82. The molecule has 0 spiro atoms. The summed E-state index contributed by atoms with van der Waals surface area (Å²) in [7, 11) is 0. The lowest BCUT2D eigenvalue weighted by atomic mass is 10.2. The highest BCUT2D eigenvalue weighted by Gasteiger charge is 2.19. The number of nitrogens with zero attached hydrogens (tertiary/aromatic N) is 1. The fraction of sp³-hybridized carbons (Fsp3) is 0.286. The molecule has 0 radical (unpaired) electrons. The highest BCUT2D eigenvalue weighted by molar-refractivity contribution is 6.29. The van der Waals surface area contributed by atoms with Crippen LogP contribution < -0.4 is 0 Å². The zero-order chi connectivity index (χ0) is 9.14. The van der Waals surface area contributed by atoms with Gasteiger partial charge in [-0.25, -0.2) is 13.8 Å². The van der Waals surface area contributed by atoms with Crippen LogP contribution in [0.1, 0.15) is 10.9 Å². The zero-order valence-electron chi connectivity index (χ0n) is 5.85. The van der Waals surface area contributed by atoms with Gasteiger partial charge < -0.3 is 0 Å². The molecule has 1 atom stereocenters. The minimum atomic E-state index is -2.59. The van der Waals surface area contributed by atoms with E-state index in [-0.39, 0.29) is 10.7 Å². The summed E-state index contributed by atoms with van der Waals surface area (Å²) in [5.74, 6) is 0. The van der Waals surface area contributed by atoms with Gasteiger partial charge in [-0.1, -0.05) is 17.7 Å². The first-order chi connectivity index (χ1) is 5.61. The van der Waals surface area contributed by atoms with Gasteiger partial charge in [-0.2, -0.15) is 0 Å². The van der Waals surface area contributed by atoms with Crippen molar-refractivity contribution in [3.63, 3.8) is 0 Å². The van der Waals surface area contributed by atoms with Crippen molar-refractivity contribution in [2.75, 3.05) is 0 Å². The largest absolute Gasteiger partial charge is 0.258 e. The van der Waals surface area contributed by atoms with Crippen LogP contribution in [0.15, 0.2) is 18.3 Å². The molecule has 0 saturated carbocycles. The van der Waals surface area contributed by atoms with Gasteiger partial charge in [0.05, 0.1) is 0 Å². The molecule has 0 saturated heterocycles. The molecule has 0 fully saturated rings. The first-order valence-corrected chi connectivity index (χ1v) is 3.96. The molecule has 1 unspecified atom stereocenters. The number of aromatic nitrogens is 1. The van der Waals surface area contributed by atoms with E-state index in [1.54, 1.807) is 0 Å². The lowest BCUT2D eigenvalue weighted by Gasteiger charge is -2.06. The number of hydrogen-bond donors (Lipinski definition) is 0. The molecule has 1 aromatic rings. The Morgan fingerprint density at radius 1 is 1.33 bits per heavy atom. The standard InChI is InChI=1S/C7H5Cl2F2N/c8-5-2-1-4(3-12-5)6(9)7(10)11/h1-3,6-7H. The second-order valence-electron chi connectivity index (χ2n) is 2.15. The number of alkyl halides is 3. The van der Waals surface area contributed by atoms with E-state index in [0.717, 1.165) is 0 Å². The Morgan fingerprint density at radius 3 is 2.42 bits per heavy atom. The van der Waals surface area contributed by atoms with Crippen molar-refractivity contribution in [1.82, 2.24) is 4.98 Å². The highest BCUT2D eigenvalue weighted by atomic mass is 35.5. The van der Waals surface area contributed by atoms with Crippen molar-refractivity contribution >= 4 is 23.2 Å². The lowest BCUT2D eigenvalue weighted by Crippen LogP contribution is -2.01. The smallest absolute Gasteiger partial charge is 0.244 e. The Morgan fingerprint density at radius 2 is 2.00 bits per heavy atom. The molecule has 0 aliphatic heterocycles. The van der Waals surface area contributed by atoms with Crippen LogP contribution in [0.4, 0.5) is 8.78 Å². The van der Waals surface area contributed by atoms with E-state index in [4.69, 9.17) is 23.2 Å². The summed E-state index contributed by atoms with van der Waals surface area (Å²) in [4.78, 5) is 3.63. The van der Waals surface area contributed by atoms with E-state index in [2.05, 4.69) is 4.98 Å². The molecule has 0 amide bonds. The maximum absolute atomic E-state index is 12.0. The molecule has 0 aliphatic rings. The third kappa shape index (κ3) is 2.29. The van der Waals surface area contributed by atoms with E-state index in [1.807, 2.05) is 0 Å². The van der Waals surface area contributed by atoms with Gasteiger partial charge in [0, 0.05) is 6.20 Å². The third-order valence-corrected chi connectivity index (χ3v) is 1.96. The average Bonchev–Trinajstić information content (AvgIpc) is 2.04. The number of hydrogen-bond acceptors (Lipinski definition) is 1. The predicted molar refractivity (Wildman–Crippen MR) is 43.8 cm³/mol. The Hall–Kier alpha value is -0.410. The summed E-state index contributed by atoms with van der Waals surface area (Å²) in [6, 6.07) is 2.85. The van der Waals surface area contributed by atoms with E-state index in [1.165, 1.54) is 18.3 Å². The van der Waals surface area contributed by atoms with Crippen LogP contribution in [0.2, 0.25) is 5.15 Å². The summed E-state index contributed by atoms with van der Waals surface area (Å²) >= 11 is 10.8. The summed E-state index contributed by atoms with van der Waals surface area (Å²) in [5, 5.41) is -1.05. The first kappa shape index (κ1) is 9.68. The van der Waals surface area contributed by atoms with Crippen molar-refractivity contribution in [2.24, 2.45) is 0 Å². The molecule has 66 valence electrons. The van der Waals surface area contributed by atoms with Gasteiger partial charge in [0.25, 0.3) is 6.43 Å². The van der Waals surface area contributed by atoms with Gasteiger partial charge >= 0.3 is 0 Å². The van der Waals surface area contributed by atoms with Crippen LogP contribution in [0.3, 0.4) is 0 Å². The second kappa shape index (κ2) is 4.01. The number of halogens is 4. The minimum Gasteiger partial charge on any atom is -0.244 e. The normalized spacial score (nSPS) is 13.4. The minimum absolute atomic E-state index is 0.261. The third-order valence-electron chi connectivity index (χ3n) is 1.29. The predicted octanol–water partition coefficient (Wildman–Crippen LogP) is 3.28. The quantitative estimate of drug-likeness (QED) is 0.541. The van der Waals surface area contributed by atoms with Crippen LogP contribution in [0.5, 0.6) is 0 Å². The van der Waals surface area contributed by atoms with Crippen LogP contribution in [0, 0.1) is 0 Å². The molecule has 1 nitrogen and oxygen atoms in total. The highest BCUT2D eigenvalue weighted by Crippen LogP contribution is 2.26. The van der Waals surface area contributed by atoms with Gasteiger partial charge in [-0.05, 0) is 11.6 Å². The molecule has 0 N–H and O–H groups in total. The summed E-state index contributed by atoms with van der Waals surface area (Å²) in [6.07, 6.45) is -1.35. The maximum Gasteiger partial charge on any atom is 0.258 e. The van der Waals surface area contributed by atoms with Gasteiger partial charge in [-0.15, -0.1) is 11.6 Å². The van der Waals surface area contributed by atoms with Crippen LogP contribution in [0.25, 0.3) is 0 Å². The average molecular weight is 212 g/mol. The van der Waals surface area contributed by atoms with Crippen molar-refractivity contribution in [1.29, 1.82) is 0 Å². The van der Waals surface area contributed by atoms with E-state index in [9.17, 15) is 8.78 Å². The molecule has 0 aliphatic carbocycles. The second-order valence-corrected chi connectivity index (χ2v) is 3.01. The zero-order valence-corrected chi connectivity index (χ0v) is 7.36. The van der Waals surface area contributed by atoms with Crippen molar-refractivity contribution in [2.45, 2.75) is 11.8 Å². The fourth-order valence-electron chi connectivity index (χ4n) is 0.696. The Kier molecular flexibility index (Phi) is 3.23. The van der Waals surface area contributed by atoms with E-state index in [0.29, 0.717) is 0 Å². The van der Waals surface area contributed by atoms with Gasteiger partial charge in [0.15, 0.2) is 0 Å². The number of pyridine rings is 1. The molecule has 0 aromatic carbocycles. The molecule has 1 aromatic heterocycles. The molecule has 12 heavy (non-hydrogen) atoms. The first-order valence-electron chi connectivity index (χ1n) is 3.15. The Bertz CT molecular complexity index is 250. The summed E-state index contributed by atoms with van der Waals surface area (Å²) in [6.45, 7) is 0. The fourth-order valence-corrected chi connectivity index (χ4v) is 0.937. The molecule has 5 heteroatoms. The van der Waals surface area contributed by atoms with Crippen molar-refractivity contribution < 1.29 is 8.78 Å². The van der Waals surface area contributed by atoms with Crippen LogP contribution in [-0.2, 0) is 0 Å². The van der Waals surface area contributed by atoms with Crippen LogP contribution >= 0.6 is 23.2 Å². The summed E-state index contributed by atoms with van der Waals surface area (Å²) < 4.78 is 24.0.